The Balaban J connectivity index is 1.78. The number of likely N-dealkylation sites (N-methyl/N-ethyl adjacent to an activating group) is 1. The fourth-order valence-corrected chi connectivity index (χ4v) is 5.30. The van der Waals surface area contributed by atoms with Crippen molar-refractivity contribution in [1.82, 2.24) is 4.31 Å². The van der Waals surface area contributed by atoms with E-state index in [1.54, 1.807) is 12.1 Å². The van der Waals surface area contributed by atoms with E-state index >= 15 is 0 Å². The summed E-state index contributed by atoms with van der Waals surface area (Å²) in [7, 11) is -2.24. The van der Waals surface area contributed by atoms with E-state index < -0.39 is 10.0 Å². The minimum atomic E-state index is -3.69. The van der Waals surface area contributed by atoms with Gasteiger partial charge in [-0.15, -0.1) is 0 Å². The minimum absolute atomic E-state index is 0.0834. The Morgan fingerprint density at radius 2 is 1.80 bits per heavy atom. The van der Waals surface area contributed by atoms with Crippen molar-refractivity contribution in [3.63, 3.8) is 0 Å². The van der Waals surface area contributed by atoms with Crippen LogP contribution >= 0.6 is 0 Å². The summed E-state index contributed by atoms with van der Waals surface area (Å²) in [6.07, 6.45) is 2.74. The number of nitrogens with one attached hydrogen (secondary N) is 1. The van der Waals surface area contributed by atoms with Crippen molar-refractivity contribution in [3.05, 3.63) is 48.5 Å². The molecule has 0 saturated carbocycles. The molecule has 0 aromatic heterocycles. The third-order valence-corrected chi connectivity index (χ3v) is 7.14. The molecule has 162 valence electrons. The second-order valence-electron chi connectivity index (χ2n) is 7.23. The summed E-state index contributed by atoms with van der Waals surface area (Å²) >= 11 is 0. The first kappa shape index (κ1) is 22.1. The van der Waals surface area contributed by atoms with Gasteiger partial charge < -0.3 is 15.0 Å². The molecule has 1 N–H and O–H groups in total. The van der Waals surface area contributed by atoms with Gasteiger partial charge in [-0.1, -0.05) is 24.6 Å². The van der Waals surface area contributed by atoms with Crippen LogP contribution < -0.4 is 15.0 Å². The molecule has 2 aromatic carbocycles. The fourth-order valence-electron chi connectivity index (χ4n) is 3.60. The van der Waals surface area contributed by atoms with E-state index in [1.807, 2.05) is 42.2 Å². The van der Waals surface area contributed by atoms with Crippen LogP contribution in [0.25, 0.3) is 0 Å². The number of hydrogen-bond acceptors (Lipinski definition) is 5. The number of carbonyl (C=O) groups is 1. The van der Waals surface area contributed by atoms with Crippen LogP contribution in [0.2, 0.25) is 0 Å². The topological polar surface area (TPSA) is 79.0 Å². The van der Waals surface area contributed by atoms with E-state index in [2.05, 4.69) is 5.32 Å². The lowest BCUT2D eigenvalue weighted by Gasteiger charge is -2.27. The molecule has 0 atom stereocenters. The molecule has 0 bridgehead atoms. The number of ether oxygens (including phenoxy) is 1. The summed E-state index contributed by atoms with van der Waals surface area (Å²) in [5, 5.41) is 2.82. The number of amides is 1. The predicted octanol–water partition coefficient (Wildman–Crippen LogP) is 3.33. The summed E-state index contributed by atoms with van der Waals surface area (Å²) in [6.45, 7) is 3.83. The highest BCUT2D eigenvalue weighted by atomic mass is 32.2. The summed E-state index contributed by atoms with van der Waals surface area (Å²) in [6, 6.07) is 14.4. The van der Waals surface area contributed by atoms with Crippen LogP contribution in [0.4, 0.5) is 11.4 Å². The number of methoxy groups -OCH3 is 1. The van der Waals surface area contributed by atoms with Gasteiger partial charge in [0.1, 0.15) is 10.6 Å². The zero-order valence-electron chi connectivity index (χ0n) is 17.5. The van der Waals surface area contributed by atoms with Crippen molar-refractivity contribution in [2.75, 3.05) is 43.5 Å². The Labute approximate surface area is 178 Å². The number of benzene rings is 2. The second-order valence-corrected chi connectivity index (χ2v) is 9.13. The molecule has 7 nitrogen and oxygen atoms in total. The molecule has 1 aliphatic rings. The zero-order valence-corrected chi connectivity index (χ0v) is 18.3. The van der Waals surface area contributed by atoms with Crippen molar-refractivity contribution >= 4 is 27.3 Å². The number of para-hydroxylation sites is 1. The van der Waals surface area contributed by atoms with Crippen LogP contribution in [-0.2, 0) is 14.8 Å². The average molecular weight is 432 g/mol. The van der Waals surface area contributed by atoms with Gasteiger partial charge in [-0.05, 0) is 50.1 Å². The van der Waals surface area contributed by atoms with Crippen LogP contribution in [0.1, 0.15) is 26.2 Å². The Kier molecular flexibility index (Phi) is 7.33. The average Bonchev–Trinajstić information content (AvgIpc) is 2.78. The van der Waals surface area contributed by atoms with Crippen molar-refractivity contribution < 1.29 is 17.9 Å². The summed E-state index contributed by atoms with van der Waals surface area (Å²) in [4.78, 5) is 14.7. The lowest BCUT2D eigenvalue weighted by Crippen LogP contribution is -2.36. The fraction of sp³-hybridized carbons (Fsp3) is 0.409. The number of carbonyl (C=O) groups excluding carboxylic acids is 1. The van der Waals surface area contributed by atoms with E-state index in [9.17, 15) is 13.2 Å². The maximum Gasteiger partial charge on any atom is 0.246 e. The third-order valence-electron chi connectivity index (χ3n) is 5.22. The van der Waals surface area contributed by atoms with Crippen LogP contribution in [-0.4, -0.2) is 51.9 Å². The smallest absolute Gasteiger partial charge is 0.246 e. The maximum atomic E-state index is 13.1. The van der Waals surface area contributed by atoms with Gasteiger partial charge in [0.15, 0.2) is 0 Å². The van der Waals surface area contributed by atoms with Crippen LogP contribution in [0.3, 0.4) is 0 Å². The molecule has 30 heavy (non-hydrogen) atoms. The number of anilines is 2. The van der Waals surface area contributed by atoms with Crippen LogP contribution in [0, 0.1) is 0 Å². The SMILES string of the molecule is CCN(CC(=O)Nc1ccc(OC)c(S(=O)(=O)N2CCCCC2)c1)c1ccccc1. The van der Waals surface area contributed by atoms with E-state index in [-0.39, 0.29) is 23.1 Å². The summed E-state index contributed by atoms with van der Waals surface area (Å²) < 4.78 is 33.1. The quantitative estimate of drug-likeness (QED) is 0.694. The first-order chi connectivity index (χ1) is 14.5. The third kappa shape index (κ3) is 5.12. The highest BCUT2D eigenvalue weighted by Crippen LogP contribution is 2.31. The summed E-state index contributed by atoms with van der Waals surface area (Å²) in [5.41, 5.74) is 1.39. The van der Waals surface area contributed by atoms with Crippen molar-refractivity contribution in [1.29, 1.82) is 0 Å². The standard InChI is InChI=1S/C22H29N3O4S/c1-3-24(19-10-6-4-7-11-19)17-22(26)23-18-12-13-20(29-2)21(16-18)30(27,28)25-14-8-5-9-15-25/h4,6-7,10-13,16H,3,5,8-9,14-15,17H2,1-2H3,(H,23,26). The predicted molar refractivity (Wildman–Crippen MR) is 119 cm³/mol. The lowest BCUT2D eigenvalue weighted by molar-refractivity contribution is -0.115. The highest BCUT2D eigenvalue weighted by Gasteiger charge is 2.29. The molecule has 0 aliphatic carbocycles. The molecule has 0 spiro atoms. The Morgan fingerprint density at radius 1 is 1.10 bits per heavy atom. The van der Waals surface area contributed by atoms with E-state index in [1.165, 1.54) is 17.5 Å². The van der Waals surface area contributed by atoms with Gasteiger partial charge in [-0.3, -0.25) is 4.79 Å². The first-order valence-corrected chi connectivity index (χ1v) is 11.7. The van der Waals surface area contributed by atoms with E-state index in [0.29, 0.717) is 25.3 Å². The maximum absolute atomic E-state index is 13.1. The highest BCUT2D eigenvalue weighted by molar-refractivity contribution is 7.89. The van der Waals surface area contributed by atoms with E-state index in [0.717, 1.165) is 24.9 Å². The normalized spacial score (nSPS) is 14.9. The Morgan fingerprint density at radius 3 is 2.43 bits per heavy atom. The molecule has 1 amide bonds. The summed E-state index contributed by atoms with van der Waals surface area (Å²) in [5.74, 6) is 0.0604. The molecule has 1 fully saturated rings. The van der Waals surface area contributed by atoms with Gasteiger partial charge in [0, 0.05) is 31.0 Å². The van der Waals surface area contributed by atoms with Gasteiger partial charge in [-0.2, -0.15) is 4.31 Å². The number of nitrogens with zero attached hydrogens (tertiary/aromatic N) is 2. The van der Waals surface area contributed by atoms with Gasteiger partial charge >= 0.3 is 0 Å². The van der Waals surface area contributed by atoms with Crippen LogP contribution in [0.5, 0.6) is 5.75 Å². The number of piperidine rings is 1. The van der Waals surface area contributed by atoms with Gasteiger partial charge in [0.2, 0.25) is 15.9 Å². The molecule has 0 radical (unpaired) electrons. The molecule has 3 rings (SSSR count). The molecule has 0 unspecified atom stereocenters. The molecular weight excluding hydrogens is 402 g/mol. The molecule has 1 heterocycles. The Hall–Kier alpha value is -2.58. The van der Waals surface area contributed by atoms with E-state index in [4.69, 9.17) is 4.74 Å². The second kappa shape index (κ2) is 9.95. The Bertz CT molecular complexity index is 958. The molecule has 8 heteroatoms. The van der Waals surface area contributed by atoms with Crippen molar-refractivity contribution in [2.45, 2.75) is 31.1 Å². The monoisotopic (exact) mass is 431 g/mol. The molecule has 2 aromatic rings. The largest absolute Gasteiger partial charge is 0.495 e. The van der Waals surface area contributed by atoms with Crippen molar-refractivity contribution in [2.24, 2.45) is 0 Å². The first-order valence-electron chi connectivity index (χ1n) is 10.2. The minimum Gasteiger partial charge on any atom is -0.495 e. The number of hydrogen-bond donors (Lipinski definition) is 1. The van der Waals surface area contributed by atoms with Gasteiger partial charge in [-0.25, -0.2) is 8.42 Å². The molecule has 1 aliphatic heterocycles. The van der Waals surface area contributed by atoms with Crippen molar-refractivity contribution in [3.8, 4) is 5.75 Å². The lowest BCUT2D eigenvalue weighted by atomic mass is 10.2. The van der Waals surface area contributed by atoms with Crippen LogP contribution in [0.15, 0.2) is 53.4 Å². The van der Waals surface area contributed by atoms with Gasteiger partial charge in [0.05, 0.1) is 13.7 Å². The zero-order chi connectivity index (χ0) is 21.6. The molecular formula is C22H29N3O4S. The molecule has 1 saturated heterocycles. The van der Waals surface area contributed by atoms with Gasteiger partial charge in [0.25, 0.3) is 0 Å². The number of rotatable bonds is 8. The number of sulfonamides is 1.